The molecule has 92 valence electrons. The number of likely N-dealkylation sites (tertiary alicyclic amines) is 1. The summed E-state index contributed by atoms with van der Waals surface area (Å²) >= 11 is 0. The molecular weight excluding hydrogens is 208 g/mol. The monoisotopic (exact) mass is 228 g/mol. The summed E-state index contributed by atoms with van der Waals surface area (Å²) in [4.78, 5) is 24.1. The zero-order chi connectivity index (χ0) is 12.3. The zero-order valence-electron chi connectivity index (χ0n) is 10.1. The van der Waals surface area contributed by atoms with Crippen molar-refractivity contribution in [2.75, 3.05) is 19.6 Å². The molecule has 1 aliphatic heterocycles. The topological polar surface area (TPSA) is 69.6 Å². The summed E-state index contributed by atoms with van der Waals surface area (Å²) in [5.41, 5.74) is 0. The summed E-state index contributed by atoms with van der Waals surface area (Å²) in [6, 6.07) is -0.227. The lowest BCUT2D eigenvalue weighted by Gasteiger charge is -2.40. The summed E-state index contributed by atoms with van der Waals surface area (Å²) < 4.78 is 0. The van der Waals surface area contributed by atoms with Gasteiger partial charge in [0.05, 0.1) is 12.0 Å². The number of amides is 1. The Morgan fingerprint density at radius 3 is 2.38 bits per heavy atom. The SMILES string of the molecule is CC(C)CNC(=O)C(C)N1CC(C(=O)O)C1. The molecule has 1 aliphatic rings. The second-order valence-electron chi connectivity index (χ2n) is 4.80. The maximum Gasteiger partial charge on any atom is 0.309 e. The van der Waals surface area contributed by atoms with Gasteiger partial charge in [0.1, 0.15) is 0 Å². The minimum atomic E-state index is -0.772. The van der Waals surface area contributed by atoms with Crippen LogP contribution in [0.2, 0.25) is 0 Å². The molecule has 5 heteroatoms. The summed E-state index contributed by atoms with van der Waals surface area (Å²) in [6.07, 6.45) is 0. The van der Waals surface area contributed by atoms with Crippen LogP contribution in [0.3, 0.4) is 0 Å². The number of nitrogens with zero attached hydrogens (tertiary/aromatic N) is 1. The first-order valence-corrected chi connectivity index (χ1v) is 5.66. The van der Waals surface area contributed by atoms with Crippen LogP contribution in [0.15, 0.2) is 0 Å². The Hall–Kier alpha value is -1.10. The molecule has 0 aromatic heterocycles. The number of nitrogens with one attached hydrogen (secondary N) is 1. The van der Waals surface area contributed by atoms with Gasteiger partial charge < -0.3 is 10.4 Å². The number of aliphatic carboxylic acids is 1. The Bertz CT molecular complexity index is 272. The van der Waals surface area contributed by atoms with Crippen LogP contribution < -0.4 is 5.32 Å². The van der Waals surface area contributed by atoms with Crippen LogP contribution >= 0.6 is 0 Å². The first-order valence-electron chi connectivity index (χ1n) is 5.66. The van der Waals surface area contributed by atoms with E-state index >= 15 is 0 Å². The fourth-order valence-electron chi connectivity index (χ4n) is 1.60. The Morgan fingerprint density at radius 1 is 1.38 bits per heavy atom. The van der Waals surface area contributed by atoms with Gasteiger partial charge in [0, 0.05) is 19.6 Å². The van der Waals surface area contributed by atoms with Crippen molar-refractivity contribution in [3.8, 4) is 0 Å². The molecule has 0 bridgehead atoms. The summed E-state index contributed by atoms with van der Waals surface area (Å²) in [5.74, 6) is -0.664. The van der Waals surface area contributed by atoms with Crippen LogP contribution in [0.4, 0.5) is 0 Å². The van der Waals surface area contributed by atoms with Crippen LogP contribution in [0.1, 0.15) is 20.8 Å². The van der Waals surface area contributed by atoms with E-state index in [0.717, 1.165) is 0 Å². The molecule has 5 nitrogen and oxygen atoms in total. The molecule has 1 atom stereocenters. The average Bonchev–Trinajstić information content (AvgIpc) is 2.10. The van der Waals surface area contributed by atoms with E-state index in [1.54, 1.807) is 0 Å². The third-order valence-electron chi connectivity index (χ3n) is 2.87. The van der Waals surface area contributed by atoms with Crippen LogP contribution in [0.25, 0.3) is 0 Å². The summed E-state index contributed by atoms with van der Waals surface area (Å²) in [5, 5.41) is 11.6. The van der Waals surface area contributed by atoms with Crippen molar-refractivity contribution in [2.24, 2.45) is 11.8 Å². The predicted octanol–water partition coefficient (Wildman–Crippen LogP) is 0.164. The number of carbonyl (C=O) groups excluding carboxylic acids is 1. The minimum Gasteiger partial charge on any atom is -0.481 e. The van der Waals surface area contributed by atoms with Crippen LogP contribution in [0, 0.1) is 11.8 Å². The highest BCUT2D eigenvalue weighted by atomic mass is 16.4. The largest absolute Gasteiger partial charge is 0.481 e. The molecule has 1 amide bonds. The molecule has 1 saturated heterocycles. The number of hydrogen-bond acceptors (Lipinski definition) is 3. The van der Waals surface area contributed by atoms with E-state index in [2.05, 4.69) is 5.32 Å². The predicted molar refractivity (Wildman–Crippen MR) is 60.0 cm³/mol. The van der Waals surface area contributed by atoms with Gasteiger partial charge in [0.2, 0.25) is 5.91 Å². The van der Waals surface area contributed by atoms with Gasteiger partial charge in [-0.25, -0.2) is 0 Å². The van der Waals surface area contributed by atoms with Gasteiger partial charge in [0.25, 0.3) is 0 Å². The lowest BCUT2D eigenvalue weighted by Crippen LogP contribution is -2.58. The molecule has 1 fully saturated rings. The molecular formula is C11H20N2O3. The number of hydrogen-bond donors (Lipinski definition) is 2. The maximum absolute atomic E-state index is 11.7. The molecule has 16 heavy (non-hydrogen) atoms. The van der Waals surface area contributed by atoms with Crippen molar-refractivity contribution in [2.45, 2.75) is 26.8 Å². The minimum absolute atomic E-state index is 0.0162. The van der Waals surface area contributed by atoms with E-state index in [0.29, 0.717) is 25.6 Å². The molecule has 0 saturated carbocycles. The van der Waals surface area contributed by atoms with Crippen molar-refractivity contribution >= 4 is 11.9 Å². The first-order chi connectivity index (χ1) is 7.41. The van der Waals surface area contributed by atoms with E-state index in [1.165, 1.54) is 0 Å². The average molecular weight is 228 g/mol. The second-order valence-corrected chi connectivity index (χ2v) is 4.80. The smallest absolute Gasteiger partial charge is 0.309 e. The fraction of sp³-hybridized carbons (Fsp3) is 0.818. The molecule has 2 N–H and O–H groups in total. The lowest BCUT2D eigenvalue weighted by molar-refractivity contribution is -0.150. The van der Waals surface area contributed by atoms with Gasteiger partial charge in [0.15, 0.2) is 0 Å². The van der Waals surface area contributed by atoms with Crippen molar-refractivity contribution in [3.63, 3.8) is 0 Å². The quantitative estimate of drug-likeness (QED) is 0.703. The van der Waals surface area contributed by atoms with E-state index in [4.69, 9.17) is 5.11 Å². The Kier molecular flexibility index (Phi) is 4.29. The highest BCUT2D eigenvalue weighted by Gasteiger charge is 2.37. The Labute approximate surface area is 95.8 Å². The van der Waals surface area contributed by atoms with Gasteiger partial charge in [-0.3, -0.25) is 14.5 Å². The molecule has 1 rings (SSSR count). The van der Waals surface area contributed by atoms with Crippen molar-refractivity contribution in [1.29, 1.82) is 0 Å². The Morgan fingerprint density at radius 2 is 1.94 bits per heavy atom. The van der Waals surface area contributed by atoms with Crippen LogP contribution in [-0.2, 0) is 9.59 Å². The molecule has 0 radical (unpaired) electrons. The highest BCUT2D eigenvalue weighted by Crippen LogP contribution is 2.18. The van der Waals surface area contributed by atoms with Crippen LogP contribution in [0.5, 0.6) is 0 Å². The van der Waals surface area contributed by atoms with Gasteiger partial charge in [-0.2, -0.15) is 0 Å². The lowest BCUT2D eigenvalue weighted by atomic mass is 9.98. The van der Waals surface area contributed by atoms with Crippen molar-refractivity contribution in [1.82, 2.24) is 10.2 Å². The van der Waals surface area contributed by atoms with Gasteiger partial charge >= 0.3 is 5.97 Å². The molecule has 1 heterocycles. The first kappa shape index (κ1) is 13.0. The third kappa shape index (κ3) is 3.20. The van der Waals surface area contributed by atoms with E-state index in [1.807, 2.05) is 25.7 Å². The standard InChI is InChI=1S/C11H20N2O3/c1-7(2)4-12-10(14)8(3)13-5-9(6-13)11(15)16/h7-9H,4-6H2,1-3H3,(H,12,14)(H,15,16). The van der Waals surface area contributed by atoms with Gasteiger partial charge in [-0.05, 0) is 12.8 Å². The van der Waals surface area contributed by atoms with Crippen LogP contribution in [-0.4, -0.2) is 47.6 Å². The van der Waals surface area contributed by atoms with E-state index in [-0.39, 0.29) is 17.9 Å². The number of carbonyl (C=O) groups is 2. The maximum atomic E-state index is 11.7. The highest BCUT2D eigenvalue weighted by molar-refractivity contribution is 5.82. The van der Waals surface area contributed by atoms with E-state index < -0.39 is 5.97 Å². The molecule has 0 spiro atoms. The fourth-order valence-corrected chi connectivity index (χ4v) is 1.60. The van der Waals surface area contributed by atoms with Crippen molar-refractivity contribution < 1.29 is 14.7 Å². The Balaban J connectivity index is 2.28. The molecule has 0 aromatic carbocycles. The number of carboxylic acid groups (broad SMARTS) is 1. The summed E-state index contributed by atoms with van der Waals surface area (Å²) in [7, 11) is 0. The molecule has 0 aromatic rings. The van der Waals surface area contributed by atoms with Gasteiger partial charge in [-0.15, -0.1) is 0 Å². The summed E-state index contributed by atoms with van der Waals surface area (Å²) in [6.45, 7) is 7.51. The molecule has 1 unspecified atom stereocenters. The van der Waals surface area contributed by atoms with E-state index in [9.17, 15) is 9.59 Å². The normalized spacial score (nSPS) is 19.2. The molecule has 0 aliphatic carbocycles. The second kappa shape index (κ2) is 5.30. The third-order valence-corrected chi connectivity index (χ3v) is 2.87. The van der Waals surface area contributed by atoms with Crippen molar-refractivity contribution in [3.05, 3.63) is 0 Å². The number of carboxylic acids is 1. The number of rotatable bonds is 5. The zero-order valence-corrected chi connectivity index (χ0v) is 10.1. The van der Waals surface area contributed by atoms with Gasteiger partial charge in [-0.1, -0.05) is 13.8 Å².